The van der Waals surface area contributed by atoms with Gasteiger partial charge in [0.25, 0.3) is 0 Å². The van der Waals surface area contributed by atoms with Crippen LogP contribution in [0.4, 0.5) is 0 Å². The van der Waals surface area contributed by atoms with E-state index in [4.69, 9.17) is 4.42 Å². The van der Waals surface area contributed by atoms with E-state index in [0.717, 1.165) is 38.5 Å². The second kappa shape index (κ2) is 8.57. The van der Waals surface area contributed by atoms with Gasteiger partial charge < -0.3 is 8.98 Å². The zero-order valence-electron chi connectivity index (χ0n) is 23.0. The van der Waals surface area contributed by atoms with Crippen molar-refractivity contribution in [1.29, 1.82) is 0 Å². The Labute approximate surface area is 250 Å². The first-order chi connectivity index (χ1) is 21.3. The van der Waals surface area contributed by atoms with Crippen molar-refractivity contribution in [2.24, 2.45) is 0 Å². The van der Waals surface area contributed by atoms with Crippen LogP contribution in [-0.2, 0) is 0 Å². The minimum absolute atomic E-state index is 0.921. The molecule has 43 heavy (non-hydrogen) atoms. The van der Waals surface area contributed by atoms with E-state index >= 15 is 0 Å². The molecule has 0 spiro atoms. The van der Waals surface area contributed by atoms with Crippen LogP contribution in [0.3, 0.4) is 0 Å². The van der Waals surface area contributed by atoms with Crippen LogP contribution in [0.5, 0.6) is 0 Å². The fraction of sp³-hybridized carbons (Fsp3) is 0. The van der Waals surface area contributed by atoms with E-state index in [0.29, 0.717) is 0 Å². The van der Waals surface area contributed by atoms with Crippen LogP contribution in [0.25, 0.3) is 91.5 Å². The third-order valence-electron chi connectivity index (χ3n) is 8.98. The number of para-hydroxylation sites is 1. The molecule has 0 saturated heterocycles. The number of nitrogens with zero attached hydrogens (tertiary/aromatic N) is 1. The molecule has 3 heterocycles. The van der Waals surface area contributed by atoms with Gasteiger partial charge in [0.05, 0.1) is 16.4 Å². The molecule has 10 aromatic rings. The van der Waals surface area contributed by atoms with E-state index in [1.807, 2.05) is 17.4 Å². The molecule has 0 unspecified atom stereocenters. The Kier molecular flexibility index (Phi) is 4.63. The van der Waals surface area contributed by atoms with E-state index in [9.17, 15) is 0 Å². The lowest BCUT2D eigenvalue weighted by atomic mass is 9.99. The normalized spacial score (nSPS) is 12.2. The number of thiophene rings is 1. The third-order valence-corrected chi connectivity index (χ3v) is 10.1. The van der Waals surface area contributed by atoms with Crippen LogP contribution in [0.2, 0.25) is 0 Å². The summed E-state index contributed by atoms with van der Waals surface area (Å²) < 4.78 is 11.7. The molecule has 0 radical (unpaired) electrons. The monoisotopic (exact) mass is 565 g/mol. The van der Waals surface area contributed by atoms with Gasteiger partial charge in [-0.15, -0.1) is 11.3 Å². The van der Waals surface area contributed by atoms with Gasteiger partial charge in [0, 0.05) is 47.4 Å². The molecule has 0 fully saturated rings. The number of furan rings is 1. The van der Waals surface area contributed by atoms with Crippen molar-refractivity contribution in [2.75, 3.05) is 0 Å². The van der Waals surface area contributed by atoms with Crippen LogP contribution >= 0.6 is 11.3 Å². The number of aromatic nitrogens is 1. The van der Waals surface area contributed by atoms with E-state index < -0.39 is 0 Å². The quantitative estimate of drug-likeness (QED) is 0.204. The minimum Gasteiger partial charge on any atom is -0.455 e. The molecule has 0 atom stereocenters. The van der Waals surface area contributed by atoms with Gasteiger partial charge in [-0.2, -0.15) is 0 Å². The molecule has 2 nitrogen and oxygen atoms in total. The van der Waals surface area contributed by atoms with Crippen molar-refractivity contribution < 1.29 is 4.42 Å². The predicted molar refractivity (Wildman–Crippen MR) is 184 cm³/mol. The summed E-state index contributed by atoms with van der Waals surface area (Å²) in [6.07, 6.45) is 0. The van der Waals surface area contributed by atoms with Crippen molar-refractivity contribution in [2.45, 2.75) is 0 Å². The Balaban J connectivity index is 1.33. The van der Waals surface area contributed by atoms with Gasteiger partial charge in [-0.25, -0.2) is 0 Å². The minimum atomic E-state index is 0.921. The number of rotatable bonds is 2. The standard InChI is InChI=1S/C40H23NOS/c1-2-12-28-24(9-1)19-20-32-38-33(22-21-30-29-13-3-5-16-34(29)42-40(30)38)41(39(28)32)26-11-7-10-25(23-26)27-15-8-18-36-37(27)31-14-4-6-17-35(31)43-36/h1-23H. The van der Waals surface area contributed by atoms with Gasteiger partial charge in [-0.3, -0.25) is 0 Å². The third kappa shape index (κ3) is 3.17. The number of hydrogen-bond donors (Lipinski definition) is 0. The van der Waals surface area contributed by atoms with Crippen LogP contribution in [0.1, 0.15) is 0 Å². The molecule has 0 aliphatic rings. The largest absolute Gasteiger partial charge is 0.455 e. The lowest BCUT2D eigenvalue weighted by Crippen LogP contribution is -1.95. The van der Waals surface area contributed by atoms with E-state index in [2.05, 4.69) is 138 Å². The van der Waals surface area contributed by atoms with Gasteiger partial charge in [-0.05, 0) is 59.0 Å². The molecule has 200 valence electrons. The van der Waals surface area contributed by atoms with E-state index in [-0.39, 0.29) is 0 Å². The number of hydrogen-bond acceptors (Lipinski definition) is 2. The van der Waals surface area contributed by atoms with Gasteiger partial charge >= 0.3 is 0 Å². The molecule has 0 saturated carbocycles. The van der Waals surface area contributed by atoms with Crippen LogP contribution in [0.15, 0.2) is 144 Å². The summed E-state index contributed by atoms with van der Waals surface area (Å²) in [5.41, 5.74) is 7.84. The van der Waals surface area contributed by atoms with Crippen molar-refractivity contribution in [1.82, 2.24) is 4.57 Å². The van der Waals surface area contributed by atoms with Crippen LogP contribution in [-0.4, -0.2) is 4.57 Å². The maximum Gasteiger partial charge on any atom is 0.145 e. The van der Waals surface area contributed by atoms with Crippen molar-refractivity contribution in [3.63, 3.8) is 0 Å². The van der Waals surface area contributed by atoms with Crippen molar-refractivity contribution in [3.05, 3.63) is 140 Å². The fourth-order valence-corrected chi connectivity index (χ4v) is 8.27. The first-order valence-electron chi connectivity index (χ1n) is 14.6. The van der Waals surface area contributed by atoms with Crippen molar-refractivity contribution >= 4 is 86.0 Å². The number of fused-ring (bicyclic) bond motifs is 12. The highest BCUT2D eigenvalue weighted by atomic mass is 32.1. The van der Waals surface area contributed by atoms with Gasteiger partial charge in [0.15, 0.2) is 0 Å². The zero-order valence-corrected chi connectivity index (χ0v) is 23.9. The highest BCUT2D eigenvalue weighted by Crippen LogP contribution is 2.44. The molecule has 0 aliphatic heterocycles. The average Bonchev–Trinajstić information content (AvgIpc) is 3.74. The summed E-state index contributed by atoms with van der Waals surface area (Å²) in [7, 11) is 0. The second-order valence-corrected chi connectivity index (χ2v) is 12.4. The maximum atomic E-state index is 6.60. The maximum absolute atomic E-state index is 6.60. The molecule has 0 N–H and O–H groups in total. The molecule has 0 amide bonds. The van der Waals surface area contributed by atoms with Gasteiger partial charge in [-0.1, -0.05) is 97.1 Å². The first-order valence-corrected chi connectivity index (χ1v) is 15.4. The fourth-order valence-electron chi connectivity index (χ4n) is 7.14. The highest BCUT2D eigenvalue weighted by molar-refractivity contribution is 7.25. The first kappa shape index (κ1) is 23.2. The zero-order chi connectivity index (χ0) is 28.1. The average molecular weight is 566 g/mol. The highest BCUT2D eigenvalue weighted by Gasteiger charge is 2.21. The molecule has 10 rings (SSSR count). The Bertz CT molecular complexity index is 2740. The Morgan fingerprint density at radius 2 is 1.28 bits per heavy atom. The SMILES string of the molecule is c1cc(-c2cccc3sc4ccccc4c23)cc(-n2c3ccc4c5ccccc5oc4c3c3ccc4ccccc4c32)c1. The summed E-state index contributed by atoms with van der Waals surface area (Å²) in [6.45, 7) is 0. The predicted octanol–water partition coefficient (Wildman–Crippen LogP) is 11.9. The van der Waals surface area contributed by atoms with Crippen LogP contribution in [0, 0.1) is 0 Å². The molecule has 0 aliphatic carbocycles. The second-order valence-electron chi connectivity index (χ2n) is 11.3. The summed E-state index contributed by atoms with van der Waals surface area (Å²) in [4.78, 5) is 0. The number of benzene rings is 7. The molecular weight excluding hydrogens is 543 g/mol. The molecular formula is C40H23NOS. The molecule has 3 aromatic heterocycles. The summed E-state index contributed by atoms with van der Waals surface area (Å²) in [5.74, 6) is 0. The van der Waals surface area contributed by atoms with E-state index in [1.54, 1.807) is 0 Å². The Morgan fingerprint density at radius 3 is 2.23 bits per heavy atom. The molecule has 3 heteroatoms. The van der Waals surface area contributed by atoms with Crippen molar-refractivity contribution in [3.8, 4) is 16.8 Å². The topological polar surface area (TPSA) is 18.1 Å². The van der Waals surface area contributed by atoms with Crippen LogP contribution < -0.4 is 0 Å². The van der Waals surface area contributed by atoms with Gasteiger partial charge in [0.2, 0.25) is 0 Å². The smallest absolute Gasteiger partial charge is 0.145 e. The lowest BCUT2D eigenvalue weighted by Gasteiger charge is -2.12. The van der Waals surface area contributed by atoms with Gasteiger partial charge in [0.1, 0.15) is 11.2 Å². The Morgan fingerprint density at radius 1 is 0.512 bits per heavy atom. The Hall–Kier alpha value is -5.38. The van der Waals surface area contributed by atoms with E-state index in [1.165, 1.54) is 53.0 Å². The summed E-state index contributed by atoms with van der Waals surface area (Å²) >= 11 is 1.86. The molecule has 7 aromatic carbocycles. The molecule has 0 bridgehead atoms. The summed E-state index contributed by atoms with van der Waals surface area (Å²) in [6, 6.07) is 50.5. The lowest BCUT2D eigenvalue weighted by molar-refractivity contribution is 0.673. The summed E-state index contributed by atoms with van der Waals surface area (Å²) in [5, 5.41) is 9.78.